The van der Waals surface area contributed by atoms with Crippen molar-refractivity contribution in [2.45, 2.75) is 147 Å². The molecule has 0 bridgehead atoms. The van der Waals surface area contributed by atoms with Crippen LogP contribution in [0.25, 0.3) is 0 Å². The van der Waals surface area contributed by atoms with Gasteiger partial charge >= 0.3 is 0 Å². The fraction of sp³-hybridized carbons (Fsp3) is 0.895. The fourth-order valence-corrected chi connectivity index (χ4v) is 10.1. The van der Waals surface area contributed by atoms with Gasteiger partial charge in [0.25, 0.3) is 0 Å². The van der Waals surface area contributed by atoms with E-state index < -0.39 is 6.10 Å². The van der Waals surface area contributed by atoms with Gasteiger partial charge in [-0.05, 0) is 113 Å². The third-order valence-electron chi connectivity index (χ3n) is 12.5. The molecule has 11 atom stereocenters. The van der Waals surface area contributed by atoms with Gasteiger partial charge in [0, 0.05) is 31.3 Å². The van der Waals surface area contributed by atoms with E-state index in [1.807, 2.05) is 0 Å². The Bertz CT molecular complexity index is 991. The van der Waals surface area contributed by atoms with E-state index in [4.69, 9.17) is 10.5 Å². The number of aliphatic hydroxyl groups excluding tert-OH is 1. The van der Waals surface area contributed by atoms with Gasteiger partial charge in [0.1, 0.15) is 11.6 Å². The summed E-state index contributed by atoms with van der Waals surface area (Å²) in [5, 5.41) is 14.6. The molecule has 0 aromatic carbocycles. The molecule has 6 heteroatoms. The summed E-state index contributed by atoms with van der Waals surface area (Å²) >= 11 is 0. The molecule has 0 aromatic heterocycles. The van der Waals surface area contributed by atoms with Crippen molar-refractivity contribution in [3.05, 3.63) is 0 Å². The number of ether oxygens (including phenoxy) is 1. The summed E-state index contributed by atoms with van der Waals surface area (Å²) in [5.41, 5.74) is 6.16. The predicted molar refractivity (Wildman–Crippen MR) is 175 cm³/mol. The number of nitrogens with two attached hydrogens (primary N) is 1. The van der Waals surface area contributed by atoms with Crippen LogP contribution >= 0.6 is 0 Å². The highest BCUT2D eigenvalue weighted by Crippen LogP contribution is 2.46. The lowest BCUT2D eigenvalue weighted by Crippen LogP contribution is -2.45. The lowest BCUT2D eigenvalue weighted by molar-refractivity contribution is -0.130. The summed E-state index contributed by atoms with van der Waals surface area (Å²) in [5.74, 6) is 11.0. The quantitative estimate of drug-likeness (QED) is 0.227. The molecule has 248 valence electrons. The number of ketones is 2. The van der Waals surface area contributed by atoms with Crippen molar-refractivity contribution in [3.63, 3.8) is 0 Å². The standard InChI is InChI=1S/C38H62N2O4/c1-3-4-8-25-17-27(18-26-11-16-38(39)40-24-26)19-29-13-15-32(28-9-6-5-7-10-28)33-23-36(43)37(44-2)21-30(33)12-14-31(41)22-35(42)34(29)20-25/h25-30,32-34,36-38,40,43H,3-12,14,16-24,39H2,1-2H3/t25-,26?,27-,29+,30?,32-,33?,34-,36?,37?,38?/m1/s1. The molecule has 4 N–H and O–H groups in total. The lowest BCUT2D eigenvalue weighted by atomic mass is 9.63. The SMILES string of the molecule is CCCC[C@@H]1C[C@H](CC2CCC(N)NC2)C[C@@H]2C#C[C@H](C3CCCCC3)C3CC(O)C(OC)CC3CCC(=O)CC(=O)[C@@H]2C1. The smallest absolute Gasteiger partial charge is 0.144 e. The van der Waals surface area contributed by atoms with Gasteiger partial charge in [0.05, 0.1) is 24.8 Å². The van der Waals surface area contributed by atoms with Crippen LogP contribution in [0.1, 0.15) is 129 Å². The maximum absolute atomic E-state index is 14.0. The first-order chi connectivity index (χ1) is 21.3. The molecular weight excluding hydrogens is 548 g/mol. The normalized spacial score (nSPS) is 41.2. The Morgan fingerprint density at radius 1 is 0.909 bits per heavy atom. The molecule has 6 nitrogen and oxygen atoms in total. The summed E-state index contributed by atoms with van der Waals surface area (Å²) in [6, 6.07) is 0. The Morgan fingerprint density at radius 3 is 2.45 bits per heavy atom. The van der Waals surface area contributed by atoms with Gasteiger partial charge in [-0.15, -0.1) is 0 Å². The summed E-state index contributed by atoms with van der Waals surface area (Å²) in [7, 11) is 1.69. The van der Waals surface area contributed by atoms with Crippen LogP contribution in [-0.2, 0) is 14.3 Å². The van der Waals surface area contributed by atoms with Crippen LogP contribution in [0.5, 0.6) is 0 Å². The minimum atomic E-state index is -0.481. The zero-order valence-corrected chi connectivity index (χ0v) is 27.8. The molecule has 5 aliphatic rings. The molecule has 3 saturated carbocycles. The highest BCUT2D eigenvalue weighted by atomic mass is 16.5. The topological polar surface area (TPSA) is 102 Å². The van der Waals surface area contributed by atoms with Crippen molar-refractivity contribution >= 4 is 11.6 Å². The fourth-order valence-electron chi connectivity index (χ4n) is 10.1. The minimum Gasteiger partial charge on any atom is -0.390 e. The van der Waals surface area contributed by atoms with E-state index in [0.717, 1.165) is 38.6 Å². The van der Waals surface area contributed by atoms with Crippen LogP contribution in [0, 0.1) is 65.1 Å². The Kier molecular flexibility index (Phi) is 12.8. The molecule has 4 aliphatic carbocycles. The number of hydrogen-bond donors (Lipinski definition) is 3. The highest BCUT2D eigenvalue weighted by molar-refractivity contribution is 6.00. The van der Waals surface area contributed by atoms with Crippen LogP contribution < -0.4 is 11.1 Å². The number of rotatable bonds is 7. The average molecular weight is 611 g/mol. The molecule has 0 spiro atoms. The molecule has 1 aliphatic heterocycles. The molecule has 4 fully saturated rings. The molecular formula is C38H62N2O4. The summed E-state index contributed by atoms with van der Waals surface area (Å²) in [4.78, 5) is 27.4. The molecule has 5 rings (SSSR count). The van der Waals surface area contributed by atoms with Crippen molar-refractivity contribution in [2.75, 3.05) is 13.7 Å². The number of Topliss-reactive ketones (excluding diaryl/α,β-unsaturated/α-hetero) is 2. The number of aliphatic hydroxyl groups is 1. The monoisotopic (exact) mass is 610 g/mol. The number of carbonyl (C=O) groups is 2. The van der Waals surface area contributed by atoms with Crippen LogP contribution in [0.2, 0.25) is 0 Å². The zero-order valence-electron chi connectivity index (χ0n) is 27.8. The van der Waals surface area contributed by atoms with Crippen LogP contribution in [0.4, 0.5) is 0 Å². The van der Waals surface area contributed by atoms with Gasteiger partial charge in [-0.2, -0.15) is 0 Å². The second kappa shape index (κ2) is 16.5. The van der Waals surface area contributed by atoms with Crippen molar-refractivity contribution < 1.29 is 19.4 Å². The van der Waals surface area contributed by atoms with Gasteiger partial charge < -0.3 is 20.9 Å². The largest absolute Gasteiger partial charge is 0.390 e. The van der Waals surface area contributed by atoms with Gasteiger partial charge in [0.15, 0.2) is 0 Å². The van der Waals surface area contributed by atoms with E-state index in [2.05, 4.69) is 24.1 Å². The third kappa shape index (κ3) is 8.96. The molecule has 44 heavy (non-hydrogen) atoms. The first-order valence-electron chi connectivity index (χ1n) is 18.6. The number of nitrogens with one attached hydrogen (secondary N) is 1. The maximum Gasteiger partial charge on any atom is 0.144 e. The van der Waals surface area contributed by atoms with E-state index in [1.54, 1.807) is 7.11 Å². The second-order valence-electron chi connectivity index (χ2n) is 15.7. The number of hydrogen-bond acceptors (Lipinski definition) is 6. The molecule has 0 amide bonds. The van der Waals surface area contributed by atoms with E-state index in [0.29, 0.717) is 42.4 Å². The number of methoxy groups -OCH3 is 1. The summed E-state index contributed by atoms with van der Waals surface area (Å²) in [6.07, 6.45) is 18.5. The first kappa shape index (κ1) is 34.1. The van der Waals surface area contributed by atoms with Crippen molar-refractivity contribution in [1.82, 2.24) is 5.32 Å². The van der Waals surface area contributed by atoms with Gasteiger partial charge in [-0.25, -0.2) is 0 Å². The van der Waals surface area contributed by atoms with Crippen molar-refractivity contribution in [2.24, 2.45) is 59.0 Å². The highest BCUT2D eigenvalue weighted by Gasteiger charge is 2.43. The van der Waals surface area contributed by atoms with Gasteiger partial charge in [0.2, 0.25) is 0 Å². The molecule has 6 unspecified atom stereocenters. The van der Waals surface area contributed by atoms with Gasteiger partial charge in [-0.1, -0.05) is 57.3 Å². The maximum atomic E-state index is 14.0. The molecule has 1 saturated heterocycles. The minimum absolute atomic E-state index is 0.0231. The number of carbonyl (C=O) groups excluding carboxylic acids is 2. The molecule has 0 radical (unpaired) electrons. The van der Waals surface area contributed by atoms with E-state index in [9.17, 15) is 14.7 Å². The summed E-state index contributed by atoms with van der Waals surface area (Å²) < 4.78 is 5.72. The van der Waals surface area contributed by atoms with Crippen LogP contribution in [-0.4, -0.2) is 48.7 Å². The van der Waals surface area contributed by atoms with E-state index in [-0.39, 0.29) is 53.9 Å². The average Bonchev–Trinajstić information content (AvgIpc) is 3.19. The van der Waals surface area contributed by atoms with Crippen LogP contribution in [0.3, 0.4) is 0 Å². The Balaban J connectivity index is 1.48. The molecule has 1 heterocycles. The van der Waals surface area contributed by atoms with Crippen LogP contribution in [0.15, 0.2) is 0 Å². The summed E-state index contributed by atoms with van der Waals surface area (Å²) in [6.45, 7) is 3.25. The van der Waals surface area contributed by atoms with Crippen molar-refractivity contribution in [3.8, 4) is 11.8 Å². The third-order valence-corrected chi connectivity index (χ3v) is 12.5. The Labute approximate surface area is 267 Å². The second-order valence-corrected chi connectivity index (χ2v) is 15.7. The number of unbranched alkanes of at least 4 members (excludes halogenated alkanes) is 1. The first-order valence-corrected chi connectivity index (χ1v) is 18.6. The predicted octanol–water partition coefficient (Wildman–Crippen LogP) is 6.42. The Hall–Kier alpha value is -1.26. The Morgan fingerprint density at radius 2 is 1.73 bits per heavy atom. The van der Waals surface area contributed by atoms with E-state index in [1.165, 1.54) is 70.6 Å². The van der Waals surface area contributed by atoms with E-state index >= 15 is 0 Å². The lowest BCUT2D eigenvalue weighted by Gasteiger charge is -2.44. The number of fused-ring (bicyclic) bond motifs is 2. The van der Waals surface area contributed by atoms with Gasteiger partial charge in [-0.3, -0.25) is 9.59 Å². The van der Waals surface area contributed by atoms with Crippen molar-refractivity contribution in [1.29, 1.82) is 0 Å². The molecule has 0 aromatic rings. The number of piperidine rings is 1. The zero-order chi connectivity index (χ0) is 31.1.